The van der Waals surface area contributed by atoms with E-state index in [9.17, 15) is 0 Å². The van der Waals surface area contributed by atoms with Crippen LogP contribution in [0.3, 0.4) is 0 Å². The standard InChI is InChI=1S/C32H22N2/c1-21-33-29-16-8-9-17-30(29)34(21)32-28-15-7-5-13-26(28)25-12-4-6-14-27(25)31(32)24-19-18-22-10-2-3-11-23(22)20-24/h2-20H,1H3. The molecule has 1 heterocycles. The maximum absolute atomic E-state index is 4.92. The number of rotatable bonds is 2. The van der Waals surface area contributed by atoms with E-state index < -0.39 is 0 Å². The van der Waals surface area contributed by atoms with Gasteiger partial charge in [0.25, 0.3) is 0 Å². The van der Waals surface area contributed by atoms with Gasteiger partial charge in [0.05, 0.1) is 16.7 Å². The van der Waals surface area contributed by atoms with E-state index >= 15 is 0 Å². The highest BCUT2D eigenvalue weighted by atomic mass is 15.1. The van der Waals surface area contributed by atoms with Crippen molar-refractivity contribution in [2.45, 2.75) is 6.92 Å². The second kappa shape index (κ2) is 7.29. The third-order valence-electron chi connectivity index (χ3n) is 6.90. The van der Waals surface area contributed by atoms with E-state index in [2.05, 4.69) is 127 Å². The van der Waals surface area contributed by atoms with Crippen LogP contribution in [-0.2, 0) is 0 Å². The summed E-state index contributed by atoms with van der Waals surface area (Å²) < 4.78 is 2.34. The van der Waals surface area contributed by atoms with Crippen molar-refractivity contribution in [1.82, 2.24) is 9.55 Å². The summed E-state index contributed by atoms with van der Waals surface area (Å²) in [5.74, 6) is 0.990. The zero-order valence-corrected chi connectivity index (χ0v) is 18.9. The fraction of sp³-hybridized carbons (Fsp3) is 0.0312. The van der Waals surface area contributed by atoms with Crippen LogP contribution in [0.5, 0.6) is 0 Å². The average molecular weight is 435 g/mol. The summed E-state index contributed by atoms with van der Waals surface area (Å²) in [5, 5.41) is 7.51. The van der Waals surface area contributed by atoms with Crippen molar-refractivity contribution in [2.75, 3.05) is 0 Å². The van der Waals surface area contributed by atoms with Crippen LogP contribution in [0.15, 0.2) is 115 Å². The predicted octanol–water partition coefficient (Wildman–Crippen LogP) is 8.46. The Labute approximate surface area is 197 Å². The van der Waals surface area contributed by atoms with Gasteiger partial charge in [-0.3, -0.25) is 4.57 Å². The summed E-state index contributed by atoms with van der Waals surface area (Å²) in [7, 11) is 0. The maximum atomic E-state index is 4.92. The first-order chi connectivity index (χ1) is 16.8. The largest absolute Gasteiger partial charge is 0.295 e. The Morgan fingerprint density at radius 3 is 2.00 bits per heavy atom. The van der Waals surface area contributed by atoms with Crippen LogP contribution in [0.25, 0.3) is 60.2 Å². The van der Waals surface area contributed by atoms with Crippen LogP contribution in [-0.4, -0.2) is 9.55 Å². The van der Waals surface area contributed by atoms with Crippen LogP contribution in [0.2, 0.25) is 0 Å². The van der Waals surface area contributed by atoms with Gasteiger partial charge in [-0.25, -0.2) is 4.98 Å². The van der Waals surface area contributed by atoms with Gasteiger partial charge in [-0.15, -0.1) is 0 Å². The molecule has 0 fully saturated rings. The first-order valence-corrected chi connectivity index (χ1v) is 11.7. The Kier molecular flexibility index (Phi) is 4.09. The molecule has 0 N–H and O–H groups in total. The Morgan fingerprint density at radius 1 is 0.559 bits per heavy atom. The van der Waals surface area contributed by atoms with E-state index in [4.69, 9.17) is 4.98 Å². The van der Waals surface area contributed by atoms with E-state index in [1.54, 1.807) is 0 Å². The second-order valence-electron chi connectivity index (χ2n) is 8.86. The smallest absolute Gasteiger partial charge is 0.111 e. The summed E-state index contributed by atoms with van der Waals surface area (Å²) in [4.78, 5) is 4.92. The van der Waals surface area contributed by atoms with Crippen molar-refractivity contribution in [3.63, 3.8) is 0 Å². The van der Waals surface area contributed by atoms with E-state index in [1.807, 2.05) is 0 Å². The van der Waals surface area contributed by atoms with E-state index in [0.29, 0.717) is 0 Å². The van der Waals surface area contributed by atoms with Crippen molar-refractivity contribution in [1.29, 1.82) is 0 Å². The molecular formula is C32H22N2. The molecule has 0 atom stereocenters. The zero-order valence-electron chi connectivity index (χ0n) is 18.9. The van der Waals surface area contributed by atoms with E-state index in [1.165, 1.54) is 49.1 Å². The lowest BCUT2D eigenvalue weighted by molar-refractivity contribution is 1.01. The van der Waals surface area contributed by atoms with Gasteiger partial charge in [-0.2, -0.15) is 0 Å². The highest BCUT2D eigenvalue weighted by Crippen LogP contribution is 2.43. The minimum absolute atomic E-state index is 0.990. The molecule has 0 amide bonds. The molecule has 0 bridgehead atoms. The van der Waals surface area contributed by atoms with Crippen LogP contribution in [0.4, 0.5) is 0 Å². The lowest BCUT2D eigenvalue weighted by Gasteiger charge is -2.20. The van der Waals surface area contributed by atoms with Crippen LogP contribution in [0.1, 0.15) is 5.82 Å². The molecule has 0 saturated carbocycles. The third kappa shape index (κ3) is 2.72. The van der Waals surface area contributed by atoms with Crippen molar-refractivity contribution in [3.05, 3.63) is 121 Å². The first kappa shape index (κ1) is 19.1. The van der Waals surface area contributed by atoms with Gasteiger partial charge >= 0.3 is 0 Å². The van der Waals surface area contributed by atoms with E-state index in [-0.39, 0.29) is 0 Å². The van der Waals surface area contributed by atoms with Crippen LogP contribution >= 0.6 is 0 Å². The number of nitrogens with zero attached hydrogens (tertiary/aromatic N) is 2. The average Bonchev–Trinajstić information content (AvgIpc) is 3.23. The Morgan fingerprint density at radius 2 is 1.18 bits per heavy atom. The van der Waals surface area contributed by atoms with E-state index in [0.717, 1.165) is 16.9 Å². The maximum Gasteiger partial charge on any atom is 0.111 e. The van der Waals surface area contributed by atoms with Gasteiger partial charge in [-0.05, 0) is 57.6 Å². The highest BCUT2D eigenvalue weighted by Gasteiger charge is 2.20. The molecule has 6 aromatic carbocycles. The molecule has 160 valence electrons. The molecule has 1 aromatic heterocycles. The molecule has 2 heteroatoms. The molecule has 0 aliphatic carbocycles. The highest BCUT2D eigenvalue weighted by molar-refractivity contribution is 6.19. The monoisotopic (exact) mass is 434 g/mol. The molecule has 2 nitrogen and oxygen atoms in total. The van der Waals surface area contributed by atoms with Gasteiger partial charge in [-0.1, -0.05) is 97.1 Å². The molecule has 34 heavy (non-hydrogen) atoms. The number of benzene rings is 6. The third-order valence-corrected chi connectivity index (χ3v) is 6.90. The summed E-state index contributed by atoms with van der Waals surface area (Å²) in [5.41, 5.74) is 5.79. The van der Waals surface area contributed by atoms with Crippen molar-refractivity contribution < 1.29 is 0 Å². The lowest BCUT2D eigenvalue weighted by atomic mass is 9.90. The molecule has 0 aliphatic rings. The number of hydrogen-bond donors (Lipinski definition) is 0. The summed E-state index contributed by atoms with van der Waals surface area (Å²) in [6, 6.07) is 41.3. The predicted molar refractivity (Wildman–Crippen MR) is 144 cm³/mol. The van der Waals surface area contributed by atoms with Gasteiger partial charge in [0.1, 0.15) is 5.82 Å². The normalized spacial score (nSPS) is 11.7. The van der Waals surface area contributed by atoms with Crippen LogP contribution in [0, 0.1) is 6.92 Å². The molecule has 0 spiro atoms. The second-order valence-corrected chi connectivity index (χ2v) is 8.86. The van der Waals surface area contributed by atoms with Gasteiger partial charge < -0.3 is 0 Å². The molecular weight excluding hydrogens is 412 g/mol. The lowest BCUT2D eigenvalue weighted by Crippen LogP contribution is -2.02. The van der Waals surface area contributed by atoms with Gasteiger partial charge in [0, 0.05) is 10.9 Å². The Hall–Kier alpha value is -4.43. The Balaban J connectivity index is 1.73. The van der Waals surface area contributed by atoms with Gasteiger partial charge in [0.2, 0.25) is 0 Å². The molecule has 0 saturated heterocycles. The van der Waals surface area contributed by atoms with Crippen molar-refractivity contribution in [3.8, 4) is 16.8 Å². The zero-order chi connectivity index (χ0) is 22.6. The summed E-state index contributed by atoms with van der Waals surface area (Å²) in [6.07, 6.45) is 0. The number of aryl methyl sites for hydroxylation is 1. The molecule has 7 rings (SSSR count). The summed E-state index contributed by atoms with van der Waals surface area (Å²) in [6.45, 7) is 2.11. The quantitative estimate of drug-likeness (QED) is 0.250. The van der Waals surface area contributed by atoms with Crippen molar-refractivity contribution >= 4 is 43.4 Å². The minimum atomic E-state index is 0.990. The topological polar surface area (TPSA) is 17.8 Å². The van der Waals surface area contributed by atoms with Crippen LogP contribution < -0.4 is 0 Å². The number of aromatic nitrogens is 2. The number of hydrogen-bond acceptors (Lipinski definition) is 1. The first-order valence-electron chi connectivity index (χ1n) is 11.7. The summed E-state index contributed by atoms with van der Waals surface area (Å²) >= 11 is 0. The fourth-order valence-electron chi connectivity index (χ4n) is 5.42. The van der Waals surface area contributed by atoms with Crippen molar-refractivity contribution in [2.24, 2.45) is 0 Å². The minimum Gasteiger partial charge on any atom is -0.295 e. The molecule has 7 aromatic rings. The molecule has 0 aliphatic heterocycles. The number of fused-ring (bicyclic) bond motifs is 5. The molecule has 0 unspecified atom stereocenters. The number of para-hydroxylation sites is 2. The SMILES string of the molecule is Cc1nc2ccccc2n1-c1c(-c2ccc3ccccc3c2)c2ccccc2c2ccccc12. The van der Waals surface area contributed by atoms with Gasteiger partial charge in [0.15, 0.2) is 0 Å². The number of imidazole rings is 1. The Bertz CT molecular complexity index is 1870. The molecule has 0 radical (unpaired) electrons. The fourth-order valence-corrected chi connectivity index (χ4v) is 5.42.